The number of anilines is 1. The zero-order valence-corrected chi connectivity index (χ0v) is 15.4. The average Bonchev–Trinajstić information content (AvgIpc) is 3.25. The van der Waals surface area contributed by atoms with E-state index in [4.69, 9.17) is 0 Å². The van der Waals surface area contributed by atoms with Crippen molar-refractivity contribution < 1.29 is 13.2 Å². The summed E-state index contributed by atoms with van der Waals surface area (Å²) in [7, 11) is -3.64. The smallest absolute Gasteiger partial charge is 0.256 e. The van der Waals surface area contributed by atoms with Gasteiger partial charge in [-0.1, -0.05) is 30.3 Å². The first kappa shape index (κ1) is 17.4. The Morgan fingerprint density at radius 1 is 1.15 bits per heavy atom. The second-order valence-electron chi connectivity index (χ2n) is 6.41. The lowest BCUT2D eigenvalue weighted by atomic mass is 10.2. The average molecular weight is 382 g/mol. The second kappa shape index (κ2) is 6.64. The Bertz CT molecular complexity index is 1110. The number of sulfone groups is 1. The third-order valence-corrected chi connectivity index (χ3v) is 6.46. The van der Waals surface area contributed by atoms with Crippen molar-refractivity contribution in [1.82, 2.24) is 15.5 Å². The van der Waals surface area contributed by atoms with Crippen LogP contribution in [-0.4, -0.2) is 24.5 Å². The van der Waals surface area contributed by atoms with Gasteiger partial charge in [-0.15, -0.1) is 0 Å². The third kappa shape index (κ3) is 3.13. The number of nitrogens with one attached hydrogen (secondary N) is 3. The van der Waals surface area contributed by atoms with Crippen LogP contribution in [-0.2, 0) is 16.4 Å². The quantitative estimate of drug-likeness (QED) is 0.643. The van der Waals surface area contributed by atoms with Crippen LogP contribution in [0.1, 0.15) is 32.6 Å². The van der Waals surface area contributed by atoms with E-state index in [1.165, 1.54) is 0 Å². The lowest BCUT2D eigenvalue weighted by Crippen LogP contribution is -2.23. The fraction of sp³-hybridized carbons (Fsp3) is 0.158. The Morgan fingerprint density at radius 3 is 2.67 bits per heavy atom. The lowest BCUT2D eigenvalue weighted by molar-refractivity contribution is 0.102. The normalized spacial score (nSPS) is 16.1. The molecule has 1 unspecified atom stereocenters. The Morgan fingerprint density at radius 2 is 1.93 bits per heavy atom. The molecular formula is C19H18N4O3S. The van der Waals surface area contributed by atoms with Crippen LogP contribution in [0, 0.1) is 6.92 Å². The second-order valence-corrected chi connectivity index (χ2v) is 8.44. The van der Waals surface area contributed by atoms with Crippen LogP contribution in [0.5, 0.6) is 0 Å². The number of amides is 1. The summed E-state index contributed by atoms with van der Waals surface area (Å²) in [4.78, 5) is 12.6. The fourth-order valence-corrected chi connectivity index (χ4v) is 4.84. The summed E-state index contributed by atoms with van der Waals surface area (Å²) in [6.45, 7) is 2.14. The largest absolute Gasteiger partial charge is 0.305 e. The van der Waals surface area contributed by atoms with E-state index < -0.39 is 15.2 Å². The molecule has 2 aromatic carbocycles. The van der Waals surface area contributed by atoms with E-state index in [1.54, 1.807) is 42.5 Å². The summed E-state index contributed by atoms with van der Waals surface area (Å²) >= 11 is 0. The number of aromatic nitrogens is 2. The number of aryl methyl sites for hydroxylation is 1. The molecule has 1 atom stereocenters. The zero-order valence-electron chi connectivity index (χ0n) is 14.6. The van der Waals surface area contributed by atoms with Crippen molar-refractivity contribution in [3.8, 4) is 0 Å². The van der Waals surface area contributed by atoms with Gasteiger partial charge in [-0.3, -0.25) is 15.2 Å². The predicted octanol–water partition coefficient (Wildman–Crippen LogP) is 2.55. The summed E-state index contributed by atoms with van der Waals surface area (Å²) in [6, 6.07) is 15.6. The fourth-order valence-electron chi connectivity index (χ4n) is 3.14. The van der Waals surface area contributed by atoms with Gasteiger partial charge in [0.25, 0.3) is 5.91 Å². The number of hydrogen-bond donors (Lipinski definition) is 3. The van der Waals surface area contributed by atoms with Gasteiger partial charge in [0.05, 0.1) is 10.6 Å². The van der Waals surface area contributed by atoms with E-state index in [9.17, 15) is 13.2 Å². The van der Waals surface area contributed by atoms with Gasteiger partial charge in [0.1, 0.15) is 0 Å². The van der Waals surface area contributed by atoms with Crippen LogP contribution >= 0.6 is 0 Å². The first-order valence-corrected chi connectivity index (χ1v) is 9.99. The maximum atomic E-state index is 13.0. The number of carbonyl (C=O) groups is 1. The number of benzene rings is 2. The van der Waals surface area contributed by atoms with Crippen molar-refractivity contribution in [2.75, 3.05) is 5.32 Å². The molecule has 2 heterocycles. The minimum atomic E-state index is -3.64. The topological polar surface area (TPSA) is 104 Å². The van der Waals surface area contributed by atoms with Crippen LogP contribution in [0.4, 0.5) is 5.82 Å². The highest BCUT2D eigenvalue weighted by atomic mass is 32.2. The van der Waals surface area contributed by atoms with Gasteiger partial charge in [0.2, 0.25) is 0 Å². The molecule has 0 spiro atoms. The third-order valence-electron chi connectivity index (χ3n) is 4.52. The van der Waals surface area contributed by atoms with E-state index in [1.807, 2.05) is 19.1 Å². The molecule has 3 N–H and O–H groups in total. The Hall–Kier alpha value is -2.97. The summed E-state index contributed by atoms with van der Waals surface area (Å²) < 4.78 is 26.0. The minimum absolute atomic E-state index is 0.248. The van der Waals surface area contributed by atoms with Crippen molar-refractivity contribution in [2.24, 2.45) is 0 Å². The molecule has 1 aromatic heterocycles. The van der Waals surface area contributed by atoms with Crippen LogP contribution < -0.4 is 10.6 Å². The number of carbonyl (C=O) groups excluding carboxylic acids is 1. The number of aromatic amines is 1. The van der Waals surface area contributed by atoms with Crippen LogP contribution in [0.2, 0.25) is 0 Å². The van der Waals surface area contributed by atoms with E-state index in [0.717, 1.165) is 5.56 Å². The Labute approximate surface area is 156 Å². The SMILES string of the molecule is Cc1cccc(S(=O)(=O)C2NCc3c(NC(=O)c4ccccc4)n[nH]c32)c1. The monoisotopic (exact) mass is 382 g/mol. The highest BCUT2D eigenvalue weighted by Crippen LogP contribution is 2.35. The van der Waals surface area contributed by atoms with Gasteiger partial charge in [-0.05, 0) is 36.8 Å². The highest BCUT2D eigenvalue weighted by Gasteiger charge is 2.38. The van der Waals surface area contributed by atoms with Crippen LogP contribution in [0.25, 0.3) is 0 Å². The minimum Gasteiger partial charge on any atom is -0.305 e. The molecule has 0 aliphatic carbocycles. The molecule has 27 heavy (non-hydrogen) atoms. The standard InChI is InChI=1S/C19H18N4O3S/c1-12-6-5-9-14(10-12)27(25,26)19-16-15(11-20-19)17(23-22-16)21-18(24)13-7-3-2-4-8-13/h2-10,19-20H,11H2,1H3,(H2,21,22,23,24). The van der Waals surface area contributed by atoms with Crippen molar-refractivity contribution >= 4 is 21.6 Å². The molecule has 138 valence electrons. The molecule has 4 rings (SSSR count). The highest BCUT2D eigenvalue weighted by molar-refractivity contribution is 7.91. The maximum absolute atomic E-state index is 13.0. The molecule has 8 heteroatoms. The van der Waals surface area contributed by atoms with Crippen molar-refractivity contribution in [3.05, 3.63) is 77.0 Å². The summed E-state index contributed by atoms with van der Waals surface area (Å²) in [5.41, 5.74) is 2.49. The summed E-state index contributed by atoms with van der Waals surface area (Å²) in [5.74, 6) is 0.0446. The van der Waals surface area contributed by atoms with Gasteiger partial charge in [0, 0.05) is 17.7 Å². The van der Waals surface area contributed by atoms with E-state index in [2.05, 4.69) is 20.8 Å². The zero-order chi connectivity index (χ0) is 19.0. The Balaban J connectivity index is 1.62. The van der Waals surface area contributed by atoms with Crippen LogP contribution in [0.3, 0.4) is 0 Å². The molecule has 0 bridgehead atoms. The first-order valence-electron chi connectivity index (χ1n) is 8.44. The van der Waals surface area contributed by atoms with Gasteiger partial charge >= 0.3 is 0 Å². The number of hydrogen-bond acceptors (Lipinski definition) is 5. The molecule has 3 aromatic rings. The van der Waals surface area contributed by atoms with Gasteiger partial charge in [0.15, 0.2) is 21.0 Å². The summed E-state index contributed by atoms with van der Waals surface area (Å²) in [6.07, 6.45) is 0. The lowest BCUT2D eigenvalue weighted by Gasteiger charge is -2.12. The van der Waals surface area contributed by atoms with E-state index in [-0.39, 0.29) is 10.8 Å². The van der Waals surface area contributed by atoms with Crippen molar-refractivity contribution in [2.45, 2.75) is 23.7 Å². The molecule has 0 fully saturated rings. The van der Waals surface area contributed by atoms with Gasteiger partial charge in [-0.2, -0.15) is 5.10 Å². The van der Waals surface area contributed by atoms with Gasteiger partial charge in [-0.25, -0.2) is 8.42 Å². The molecule has 1 aliphatic heterocycles. The van der Waals surface area contributed by atoms with E-state index >= 15 is 0 Å². The van der Waals surface area contributed by atoms with Gasteiger partial charge < -0.3 is 5.32 Å². The maximum Gasteiger partial charge on any atom is 0.256 e. The van der Waals surface area contributed by atoms with E-state index in [0.29, 0.717) is 29.2 Å². The molecule has 0 radical (unpaired) electrons. The molecule has 0 saturated heterocycles. The molecule has 7 nitrogen and oxygen atoms in total. The summed E-state index contributed by atoms with van der Waals surface area (Å²) in [5, 5.41) is 11.7. The molecule has 0 saturated carbocycles. The molecule has 1 amide bonds. The predicted molar refractivity (Wildman–Crippen MR) is 101 cm³/mol. The van der Waals surface area contributed by atoms with Crippen molar-refractivity contribution in [1.29, 1.82) is 0 Å². The van der Waals surface area contributed by atoms with Crippen molar-refractivity contribution in [3.63, 3.8) is 0 Å². The first-order chi connectivity index (χ1) is 13.0. The van der Waals surface area contributed by atoms with Crippen LogP contribution in [0.15, 0.2) is 59.5 Å². The molecule has 1 aliphatic rings. The number of H-pyrrole nitrogens is 1. The number of rotatable bonds is 4. The molecular weight excluding hydrogens is 364 g/mol. The number of fused-ring (bicyclic) bond motifs is 1. The number of nitrogens with zero attached hydrogens (tertiary/aromatic N) is 1. The Kier molecular flexibility index (Phi) is 4.29.